The van der Waals surface area contributed by atoms with Crippen molar-refractivity contribution >= 4 is 29.1 Å². The van der Waals surface area contributed by atoms with Crippen LogP contribution in [0.3, 0.4) is 0 Å². The van der Waals surface area contributed by atoms with Crippen molar-refractivity contribution in [2.75, 3.05) is 13.1 Å². The molecule has 2 aliphatic rings. The van der Waals surface area contributed by atoms with Gasteiger partial charge in [-0.2, -0.15) is 5.10 Å². The Labute approximate surface area is 189 Å². The fourth-order valence-corrected chi connectivity index (χ4v) is 4.81. The number of amides is 1. The van der Waals surface area contributed by atoms with Gasteiger partial charge in [0.05, 0.1) is 5.69 Å². The zero-order chi connectivity index (χ0) is 21.5. The zero-order valence-corrected chi connectivity index (χ0v) is 18.4. The van der Waals surface area contributed by atoms with Gasteiger partial charge in [-0.05, 0) is 55.0 Å². The Hall–Kier alpha value is -2.57. The molecule has 0 spiro atoms. The largest absolute Gasteiger partial charge is 0.347 e. The first kappa shape index (κ1) is 20.3. The molecule has 1 amide bonds. The number of hydrogen-bond donors (Lipinski definition) is 1. The molecule has 160 valence electrons. The minimum atomic E-state index is -0.267. The Morgan fingerprint density at radius 1 is 1.10 bits per heavy atom. The van der Waals surface area contributed by atoms with Crippen LogP contribution in [-0.2, 0) is 11.2 Å². The van der Waals surface area contributed by atoms with E-state index in [1.165, 1.54) is 0 Å². The molecular weight excluding hydrogens is 435 g/mol. The molecule has 1 N–H and O–H groups in total. The van der Waals surface area contributed by atoms with Crippen molar-refractivity contribution in [1.82, 2.24) is 19.7 Å². The first-order valence-corrected chi connectivity index (χ1v) is 11.3. The number of rotatable bonds is 5. The second-order valence-electron chi connectivity index (χ2n) is 8.37. The third-order valence-electron chi connectivity index (χ3n) is 6.10. The van der Waals surface area contributed by atoms with Gasteiger partial charge in [0, 0.05) is 41.0 Å². The SMILES string of the molecule is O=C(C1CC1)N1CC[C@@H](Cc2n[nH]c(=O)n2-c2ccc(-c3ccc(Cl)cc3Cl)cc2)C1. The number of H-pyrrole nitrogens is 1. The van der Waals surface area contributed by atoms with Gasteiger partial charge in [0.25, 0.3) is 0 Å². The summed E-state index contributed by atoms with van der Waals surface area (Å²) in [5, 5.41) is 8.00. The second kappa shape index (κ2) is 8.17. The number of likely N-dealkylation sites (tertiary alicyclic amines) is 1. The van der Waals surface area contributed by atoms with E-state index >= 15 is 0 Å². The van der Waals surface area contributed by atoms with E-state index in [1.807, 2.05) is 35.2 Å². The lowest BCUT2D eigenvalue weighted by Gasteiger charge is -2.16. The normalized spacial score (nSPS) is 18.5. The predicted octanol–water partition coefficient (Wildman–Crippen LogP) is 4.34. The number of carbonyl (C=O) groups is 1. The monoisotopic (exact) mass is 456 g/mol. The minimum absolute atomic E-state index is 0.245. The molecule has 5 rings (SSSR count). The molecule has 0 bridgehead atoms. The number of carbonyl (C=O) groups excluding carboxylic acids is 1. The van der Waals surface area contributed by atoms with Crippen molar-refractivity contribution in [2.45, 2.75) is 25.7 Å². The van der Waals surface area contributed by atoms with Crippen LogP contribution in [-0.4, -0.2) is 38.7 Å². The Bertz CT molecular complexity index is 1180. The third-order valence-corrected chi connectivity index (χ3v) is 6.65. The van der Waals surface area contributed by atoms with E-state index in [0.29, 0.717) is 34.1 Å². The molecule has 1 aliphatic heterocycles. The maximum absolute atomic E-state index is 12.5. The Morgan fingerprint density at radius 3 is 2.58 bits per heavy atom. The summed E-state index contributed by atoms with van der Waals surface area (Å²) in [4.78, 5) is 26.8. The van der Waals surface area contributed by atoms with Gasteiger partial charge in [-0.25, -0.2) is 14.5 Å². The molecule has 31 heavy (non-hydrogen) atoms. The van der Waals surface area contributed by atoms with Crippen LogP contribution in [0.25, 0.3) is 16.8 Å². The van der Waals surface area contributed by atoms with Crippen molar-refractivity contribution in [3.63, 3.8) is 0 Å². The molecule has 1 aromatic heterocycles. The molecule has 1 saturated heterocycles. The van der Waals surface area contributed by atoms with E-state index in [-0.39, 0.29) is 11.6 Å². The molecule has 2 fully saturated rings. The highest BCUT2D eigenvalue weighted by molar-refractivity contribution is 6.36. The number of benzene rings is 2. The van der Waals surface area contributed by atoms with Gasteiger partial charge in [-0.1, -0.05) is 41.4 Å². The van der Waals surface area contributed by atoms with Crippen LogP contribution in [0.4, 0.5) is 0 Å². The summed E-state index contributed by atoms with van der Waals surface area (Å²) in [6.07, 6.45) is 3.64. The lowest BCUT2D eigenvalue weighted by Crippen LogP contribution is -2.30. The number of aromatic amines is 1. The summed E-state index contributed by atoms with van der Waals surface area (Å²) in [5.74, 6) is 1.53. The topological polar surface area (TPSA) is 71.0 Å². The standard InChI is InChI=1S/C23H22Cl2N4O2/c24-17-5-8-19(20(25)12-17)15-3-6-18(7-4-15)29-21(26-27-23(29)31)11-14-9-10-28(13-14)22(30)16-1-2-16/h3-8,12,14,16H,1-2,9-11,13H2,(H,27,31)/t14-/m0/s1. The molecule has 1 atom stereocenters. The maximum atomic E-state index is 12.5. The Balaban J connectivity index is 1.35. The first-order chi connectivity index (χ1) is 15.0. The van der Waals surface area contributed by atoms with E-state index in [2.05, 4.69) is 10.2 Å². The highest BCUT2D eigenvalue weighted by Crippen LogP contribution is 2.34. The van der Waals surface area contributed by atoms with Crippen LogP contribution in [0.1, 0.15) is 25.1 Å². The quantitative estimate of drug-likeness (QED) is 0.620. The molecule has 1 aliphatic carbocycles. The summed E-state index contributed by atoms with van der Waals surface area (Å²) in [7, 11) is 0. The molecule has 1 saturated carbocycles. The molecule has 2 heterocycles. The summed E-state index contributed by atoms with van der Waals surface area (Å²) in [6, 6.07) is 13.0. The Morgan fingerprint density at radius 2 is 1.87 bits per heavy atom. The van der Waals surface area contributed by atoms with E-state index in [9.17, 15) is 9.59 Å². The van der Waals surface area contributed by atoms with Gasteiger partial charge in [0.1, 0.15) is 5.82 Å². The van der Waals surface area contributed by atoms with Gasteiger partial charge >= 0.3 is 5.69 Å². The predicted molar refractivity (Wildman–Crippen MR) is 121 cm³/mol. The third kappa shape index (κ3) is 4.14. The van der Waals surface area contributed by atoms with Crippen LogP contribution in [0, 0.1) is 11.8 Å². The smallest absolute Gasteiger partial charge is 0.342 e. The summed E-state index contributed by atoms with van der Waals surface area (Å²) in [5.41, 5.74) is 2.29. The fourth-order valence-electron chi connectivity index (χ4n) is 4.29. The van der Waals surface area contributed by atoms with Crippen LogP contribution >= 0.6 is 23.2 Å². The number of aromatic nitrogens is 3. The molecule has 0 unspecified atom stereocenters. The summed E-state index contributed by atoms with van der Waals surface area (Å²) < 4.78 is 1.61. The molecule has 2 aromatic carbocycles. The van der Waals surface area contributed by atoms with Gasteiger partial charge in [0.15, 0.2) is 0 Å². The van der Waals surface area contributed by atoms with E-state index < -0.39 is 0 Å². The minimum Gasteiger partial charge on any atom is -0.342 e. The van der Waals surface area contributed by atoms with Gasteiger partial charge < -0.3 is 4.90 Å². The molecular formula is C23H22Cl2N4O2. The Kier molecular flexibility index (Phi) is 5.36. The molecule has 6 nitrogen and oxygen atoms in total. The van der Waals surface area contributed by atoms with Crippen molar-refractivity contribution in [2.24, 2.45) is 11.8 Å². The van der Waals surface area contributed by atoms with E-state index in [4.69, 9.17) is 23.2 Å². The molecule has 8 heteroatoms. The van der Waals surface area contributed by atoms with Crippen LogP contribution in [0.5, 0.6) is 0 Å². The van der Waals surface area contributed by atoms with Gasteiger partial charge in [0.2, 0.25) is 5.91 Å². The maximum Gasteiger partial charge on any atom is 0.347 e. The molecule has 3 aromatic rings. The lowest BCUT2D eigenvalue weighted by atomic mass is 10.0. The lowest BCUT2D eigenvalue weighted by molar-refractivity contribution is -0.131. The second-order valence-corrected chi connectivity index (χ2v) is 9.21. The fraction of sp³-hybridized carbons (Fsp3) is 0.348. The van der Waals surface area contributed by atoms with E-state index in [1.54, 1.807) is 16.7 Å². The average molecular weight is 457 g/mol. The van der Waals surface area contributed by atoms with Crippen LogP contribution in [0.15, 0.2) is 47.3 Å². The highest BCUT2D eigenvalue weighted by atomic mass is 35.5. The first-order valence-electron chi connectivity index (χ1n) is 10.5. The van der Waals surface area contributed by atoms with Crippen molar-refractivity contribution in [1.29, 1.82) is 0 Å². The van der Waals surface area contributed by atoms with Crippen molar-refractivity contribution in [3.8, 4) is 16.8 Å². The highest BCUT2D eigenvalue weighted by Gasteiger charge is 2.36. The summed E-state index contributed by atoms with van der Waals surface area (Å²) >= 11 is 12.3. The zero-order valence-electron chi connectivity index (χ0n) is 16.9. The van der Waals surface area contributed by atoms with Crippen molar-refractivity contribution < 1.29 is 4.79 Å². The van der Waals surface area contributed by atoms with Crippen molar-refractivity contribution in [3.05, 3.63) is 68.8 Å². The summed E-state index contributed by atoms with van der Waals surface area (Å²) in [6.45, 7) is 1.54. The molecule has 0 radical (unpaired) electrons. The number of nitrogens with one attached hydrogen (secondary N) is 1. The van der Waals surface area contributed by atoms with Gasteiger partial charge in [-0.15, -0.1) is 0 Å². The van der Waals surface area contributed by atoms with Crippen LogP contribution < -0.4 is 5.69 Å². The number of halogens is 2. The van der Waals surface area contributed by atoms with Gasteiger partial charge in [-0.3, -0.25) is 4.79 Å². The number of nitrogens with zero attached hydrogens (tertiary/aromatic N) is 3. The van der Waals surface area contributed by atoms with E-state index in [0.717, 1.165) is 49.2 Å². The average Bonchev–Trinajstić information content (AvgIpc) is 3.40. The number of hydrogen-bond acceptors (Lipinski definition) is 3. The van der Waals surface area contributed by atoms with Crippen LogP contribution in [0.2, 0.25) is 10.0 Å².